The summed E-state index contributed by atoms with van der Waals surface area (Å²) in [5.41, 5.74) is 5.19. The highest BCUT2D eigenvalue weighted by atomic mass is 32.1. The second-order valence-corrected chi connectivity index (χ2v) is 15.9. The SMILES string of the molecule is COC(=O)CCc1ccc(OCCOCCOCCOCC(=O)C[C@H](C(=O)N2C[C@H](O)C[C@H]2C(=O)N[C@@H](C)c2ccc(-c3scnc3C)cc2)C(C)(C)C)cc1. The minimum atomic E-state index is -0.854. The number of aryl methyl sites for hydroxylation is 2. The molecule has 0 saturated carbocycles. The lowest BCUT2D eigenvalue weighted by molar-refractivity contribution is -0.147. The van der Waals surface area contributed by atoms with E-state index < -0.39 is 23.5 Å². The average molecular weight is 796 g/mol. The van der Waals surface area contributed by atoms with Crippen molar-refractivity contribution in [3.63, 3.8) is 0 Å². The van der Waals surface area contributed by atoms with Gasteiger partial charge in [0.05, 0.1) is 68.4 Å². The molecule has 3 aromatic rings. The summed E-state index contributed by atoms with van der Waals surface area (Å²) < 4.78 is 27.0. The van der Waals surface area contributed by atoms with E-state index >= 15 is 0 Å². The third-order valence-corrected chi connectivity index (χ3v) is 10.7. The van der Waals surface area contributed by atoms with Gasteiger partial charge in [0.15, 0.2) is 5.78 Å². The zero-order chi connectivity index (χ0) is 40.7. The Morgan fingerprint density at radius 2 is 1.59 bits per heavy atom. The molecule has 2 heterocycles. The second-order valence-electron chi connectivity index (χ2n) is 15.0. The number of ketones is 1. The first kappa shape index (κ1) is 44.5. The van der Waals surface area contributed by atoms with Crippen molar-refractivity contribution in [3.8, 4) is 16.2 Å². The lowest BCUT2D eigenvalue weighted by Crippen LogP contribution is -2.50. The van der Waals surface area contributed by atoms with E-state index in [1.807, 2.05) is 88.7 Å². The summed E-state index contributed by atoms with van der Waals surface area (Å²) in [7, 11) is 1.38. The lowest BCUT2D eigenvalue weighted by atomic mass is 9.77. The van der Waals surface area contributed by atoms with Crippen molar-refractivity contribution in [2.75, 3.05) is 59.9 Å². The summed E-state index contributed by atoms with van der Waals surface area (Å²) in [6.45, 7) is 11.3. The quantitative estimate of drug-likeness (QED) is 0.103. The summed E-state index contributed by atoms with van der Waals surface area (Å²) in [6, 6.07) is 14.3. The van der Waals surface area contributed by atoms with Crippen molar-refractivity contribution >= 4 is 34.9 Å². The van der Waals surface area contributed by atoms with Gasteiger partial charge in [0.25, 0.3) is 0 Å². The molecule has 0 unspecified atom stereocenters. The molecule has 56 heavy (non-hydrogen) atoms. The minimum Gasteiger partial charge on any atom is -0.491 e. The van der Waals surface area contributed by atoms with Crippen LogP contribution in [0.2, 0.25) is 0 Å². The first-order valence-electron chi connectivity index (χ1n) is 19.1. The summed E-state index contributed by atoms with van der Waals surface area (Å²) in [5, 5.41) is 13.6. The van der Waals surface area contributed by atoms with Gasteiger partial charge in [-0.3, -0.25) is 19.2 Å². The van der Waals surface area contributed by atoms with Gasteiger partial charge in [0.2, 0.25) is 11.8 Å². The number of carbonyl (C=O) groups is 4. The highest BCUT2D eigenvalue weighted by Crippen LogP contribution is 2.34. The van der Waals surface area contributed by atoms with Crippen molar-refractivity contribution in [3.05, 3.63) is 70.9 Å². The Bertz CT molecular complexity index is 1710. The van der Waals surface area contributed by atoms with Crippen LogP contribution in [0.15, 0.2) is 54.0 Å². The van der Waals surface area contributed by atoms with Gasteiger partial charge in [-0.1, -0.05) is 57.2 Å². The Morgan fingerprint density at radius 3 is 2.20 bits per heavy atom. The smallest absolute Gasteiger partial charge is 0.305 e. The number of nitrogens with one attached hydrogen (secondary N) is 1. The Hall–Kier alpha value is -4.21. The van der Waals surface area contributed by atoms with E-state index in [1.165, 1.54) is 12.0 Å². The van der Waals surface area contributed by atoms with E-state index in [0.29, 0.717) is 45.0 Å². The van der Waals surface area contributed by atoms with Crippen LogP contribution in [0, 0.1) is 18.3 Å². The number of thiazole rings is 1. The number of rotatable bonds is 22. The molecule has 1 aliphatic heterocycles. The number of β-amino-alcohol motifs (C(OH)–C–C–N with tert-alkyl or cyclic N) is 1. The number of hydrogen-bond donors (Lipinski definition) is 2. The number of aromatic nitrogens is 1. The van der Waals surface area contributed by atoms with Crippen LogP contribution < -0.4 is 10.1 Å². The van der Waals surface area contributed by atoms with Crippen LogP contribution in [0.5, 0.6) is 5.75 Å². The predicted molar refractivity (Wildman–Crippen MR) is 212 cm³/mol. The molecule has 4 atom stereocenters. The van der Waals surface area contributed by atoms with Crippen molar-refractivity contribution in [1.29, 1.82) is 0 Å². The highest BCUT2D eigenvalue weighted by Gasteiger charge is 2.44. The summed E-state index contributed by atoms with van der Waals surface area (Å²) in [5.74, 6) is -1.15. The van der Waals surface area contributed by atoms with Gasteiger partial charge in [-0.05, 0) is 54.5 Å². The topological polar surface area (TPSA) is 163 Å². The standard InChI is InChI=1S/C42H57N3O10S/c1-28(31-10-12-32(13-11-31)39-29(2)43-27-56-39)44-40(49)37-24-33(46)25-45(37)41(50)36(42(3,4)5)23-34(47)26-54-20-19-52-17-18-53-21-22-55-35-14-7-30(8-15-35)9-16-38(48)51-6/h7-8,10-15,27-28,33,36-37,46H,9,16-26H2,1-6H3,(H,44,49)/t28-,33+,36+,37-/m0/s1. The minimum absolute atomic E-state index is 0.0220. The number of esters is 1. The van der Waals surface area contributed by atoms with Crippen molar-refractivity contribution in [2.24, 2.45) is 11.3 Å². The third kappa shape index (κ3) is 13.8. The Morgan fingerprint density at radius 1 is 0.946 bits per heavy atom. The molecule has 14 heteroatoms. The lowest BCUT2D eigenvalue weighted by Gasteiger charge is -2.35. The van der Waals surface area contributed by atoms with Crippen LogP contribution in [0.4, 0.5) is 0 Å². The molecule has 2 amide bonds. The molecule has 13 nitrogen and oxygen atoms in total. The molecule has 0 radical (unpaired) electrons. The Kier molecular flexibility index (Phi) is 17.4. The van der Waals surface area contributed by atoms with Gasteiger partial charge < -0.3 is 39.0 Å². The van der Waals surface area contributed by atoms with Crippen LogP contribution in [-0.2, 0) is 44.5 Å². The van der Waals surface area contributed by atoms with E-state index in [-0.39, 0.29) is 68.8 Å². The normalized spacial score (nSPS) is 16.7. The van der Waals surface area contributed by atoms with Gasteiger partial charge in [0.1, 0.15) is 25.0 Å². The fraction of sp³-hybridized carbons (Fsp3) is 0.548. The number of likely N-dealkylation sites (tertiary alicyclic amines) is 1. The molecular formula is C42H57N3O10S. The fourth-order valence-corrected chi connectivity index (χ4v) is 7.21. The number of carbonyl (C=O) groups excluding carboxylic acids is 4. The van der Waals surface area contributed by atoms with Gasteiger partial charge in [-0.15, -0.1) is 11.3 Å². The number of aliphatic hydroxyl groups is 1. The molecule has 1 aliphatic rings. The first-order valence-corrected chi connectivity index (χ1v) is 20.0. The molecule has 0 aliphatic carbocycles. The molecule has 0 spiro atoms. The summed E-state index contributed by atoms with van der Waals surface area (Å²) in [6.07, 6.45) is 0.163. The number of nitrogens with zero attached hydrogens (tertiary/aromatic N) is 2. The van der Waals surface area contributed by atoms with Gasteiger partial charge >= 0.3 is 5.97 Å². The maximum absolute atomic E-state index is 14.0. The zero-order valence-corrected chi connectivity index (χ0v) is 34.2. The van der Waals surface area contributed by atoms with E-state index in [9.17, 15) is 24.3 Å². The predicted octanol–water partition coefficient (Wildman–Crippen LogP) is 5.11. The number of benzene rings is 2. The number of hydrogen-bond acceptors (Lipinski definition) is 12. The van der Waals surface area contributed by atoms with Crippen molar-refractivity contribution in [1.82, 2.24) is 15.2 Å². The molecule has 2 N–H and O–H groups in total. The molecule has 1 fully saturated rings. The number of methoxy groups -OCH3 is 1. The van der Waals surface area contributed by atoms with E-state index in [0.717, 1.165) is 27.3 Å². The number of ether oxygens (including phenoxy) is 5. The van der Waals surface area contributed by atoms with Crippen LogP contribution in [0.1, 0.15) is 69.8 Å². The largest absolute Gasteiger partial charge is 0.491 e. The van der Waals surface area contributed by atoms with E-state index in [2.05, 4.69) is 15.0 Å². The molecular weight excluding hydrogens is 739 g/mol. The maximum atomic E-state index is 14.0. The number of aliphatic hydroxyl groups excluding tert-OH is 1. The highest BCUT2D eigenvalue weighted by molar-refractivity contribution is 7.13. The van der Waals surface area contributed by atoms with Crippen molar-refractivity contribution in [2.45, 2.75) is 78.5 Å². The molecule has 1 aromatic heterocycles. The zero-order valence-electron chi connectivity index (χ0n) is 33.4. The van der Waals surface area contributed by atoms with Crippen LogP contribution in [-0.4, -0.2) is 111 Å². The maximum Gasteiger partial charge on any atom is 0.305 e. The van der Waals surface area contributed by atoms with Crippen LogP contribution in [0.3, 0.4) is 0 Å². The number of Topliss-reactive ketones (excluding diaryl/α,β-unsaturated/α-hetero) is 1. The molecule has 1 saturated heterocycles. The first-order chi connectivity index (χ1) is 26.8. The Balaban J connectivity index is 1.13. The average Bonchev–Trinajstić information content (AvgIpc) is 3.79. The van der Waals surface area contributed by atoms with Gasteiger partial charge in [0, 0.05) is 31.7 Å². The fourth-order valence-electron chi connectivity index (χ4n) is 6.40. The second kappa shape index (κ2) is 21.9. The number of amides is 2. The van der Waals surface area contributed by atoms with Crippen LogP contribution in [0.25, 0.3) is 10.4 Å². The third-order valence-electron chi connectivity index (χ3n) is 9.69. The molecule has 0 bridgehead atoms. The van der Waals surface area contributed by atoms with E-state index in [1.54, 1.807) is 11.3 Å². The molecule has 2 aromatic carbocycles. The van der Waals surface area contributed by atoms with Gasteiger partial charge in [-0.25, -0.2) is 4.98 Å². The molecule has 4 rings (SSSR count). The summed E-state index contributed by atoms with van der Waals surface area (Å²) in [4.78, 5) is 58.7. The Labute approximate surface area is 334 Å². The monoisotopic (exact) mass is 795 g/mol. The summed E-state index contributed by atoms with van der Waals surface area (Å²) >= 11 is 1.58. The van der Waals surface area contributed by atoms with Gasteiger partial charge in [-0.2, -0.15) is 0 Å². The van der Waals surface area contributed by atoms with Crippen molar-refractivity contribution < 1.29 is 48.0 Å². The molecule has 306 valence electrons. The van der Waals surface area contributed by atoms with E-state index in [4.69, 9.17) is 18.9 Å². The van der Waals surface area contributed by atoms with Crippen LogP contribution >= 0.6 is 11.3 Å².